The number of rotatable bonds is 5. The Bertz CT molecular complexity index is 351. The highest BCUT2D eigenvalue weighted by Gasteiger charge is 2.37. The maximum absolute atomic E-state index is 12.0. The van der Waals surface area contributed by atoms with Gasteiger partial charge in [-0.05, 0) is 39.7 Å². The van der Waals surface area contributed by atoms with Gasteiger partial charge >= 0.3 is 0 Å². The summed E-state index contributed by atoms with van der Waals surface area (Å²) in [5.74, 6) is -0.194. The van der Waals surface area contributed by atoms with Crippen LogP contribution in [0.25, 0.3) is 0 Å². The van der Waals surface area contributed by atoms with Crippen molar-refractivity contribution in [2.24, 2.45) is 5.92 Å². The van der Waals surface area contributed by atoms with E-state index in [0.717, 1.165) is 12.8 Å². The molecule has 3 nitrogen and oxygen atoms in total. The SMILES string of the molecule is C=C[C@@]1(C)CC[C@@H](C(C)C(=O)/C=C/C(C)(C)O)O1. The summed E-state index contributed by atoms with van der Waals surface area (Å²) in [6.07, 6.45) is 6.48. The fraction of sp³-hybridized carbons (Fsp3) is 0.667. The van der Waals surface area contributed by atoms with Crippen molar-refractivity contribution in [2.45, 2.75) is 57.8 Å². The lowest BCUT2D eigenvalue weighted by molar-refractivity contribution is -0.123. The van der Waals surface area contributed by atoms with Gasteiger partial charge in [0.15, 0.2) is 5.78 Å². The van der Waals surface area contributed by atoms with Crippen LogP contribution in [0.3, 0.4) is 0 Å². The molecule has 0 amide bonds. The van der Waals surface area contributed by atoms with Gasteiger partial charge in [-0.2, -0.15) is 0 Å². The second-order valence-electron chi connectivity index (χ2n) is 5.89. The van der Waals surface area contributed by atoms with Gasteiger partial charge in [0, 0.05) is 5.92 Å². The molecule has 0 aromatic heterocycles. The van der Waals surface area contributed by atoms with Gasteiger partial charge < -0.3 is 9.84 Å². The topological polar surface area (TPSA) is 46.5 Å². The first-order chi connectivity index (χ1) is 8.17. The number of allylic oxidation sites excluding steroid dienone is 1. The molecule has 1 aliphatic rings. The monoisotopic (exact) mass is 252 g/mol. The second kappa shape index (κ2) is 5.37. The van der Waals surface area contributed by atoms with Crippen molar-refractivity contribution in [2.75, 3.05) is 0 Å². The molecule has 1 fully saturated rings. The zero-order valence-corrected chi connectivity index (χ0v) is 11.8. The van der Waals surface area contributed by atoms with E-state index in [1.165, 1.54) is 12.2 Å². The van der Waals surface area contributed by atoms with Crippen LogP contribution in [-0.4, -0.2) is 28.2 Å². The molecule has 0 aromatic carbocycles. The molecule has 1 unspecified atom stereocenters. The molecule has 1 saturated heterocycles. The molecule has 18 heavy (non-hydrogen) atoms. The summed E-state index contributed by atoms with van der Waals surface area (Å²) in [5.41, 5.74) is -1.26. The van der Waals surface area contributed by atoms with Crippen molar-refractivity contribution >= 4 is 5.78 Å². The number of aliphatic hydroxyl groups is 1. The Morgan fingerprint density at radius 3 is 2.67 bits per heavy atom. The van der Waals surface area contributed by atoms with E-state index in [2.05, 4.69) is 6.58 Å². The molecule has 3 heteroatoms. The molecule has 0 saturated carbocycles. The van der Waals surface area contributed by atoms with Crippen molar-refractivity contribution in [3.05, 3.63) is 24.8 Å². The summed E-state index contributed by atoms with van der Waals surface area (Å²) in [4.78, 5) is 12.0. The molecule has 1 N–H and O–H groups in total. The van der Waals surface area contributed by atoms with E-state index in [-0.39, 0.29) is 23.4 Å². The van der Waals surface area contributed by atoms with Crippen LogP contribution in [0.15, 0.2) is 24.8 Å². The minimum absolute atomic E-state index is 0.00422. The van der Waals surface area contributed by atoms with Crippen LogP contribution in [0, 0.1) is 5.92 Å². The first-order valence-corrected chi connectivity index (χ1v) is 6.44. The van der Waals surface area contributed by atoms with E-state index >= 15 is 0 Å². The van der Waals surface area contributed by atoms with Crippen LogP contribution in [0.2, 0.25) is 0 Å². The maximum atomic E-state index is 12.0. The van der Waals surface area contributed by atoms with Crippen LogP contribution < -0.4 is 0 Å². The van der Waals surface area contributed by atoms with E-state index in [1.54, 1.807) is 19.9 Å². The maximum Gasteiger partial charge on any atom is 0.160 e. The zero-order valence-electron chi connectivity index (χ0n) is 11.8. The zero-order chi connectivity index (χ0) is 14.0. The average molecular weight is 252 g/mol. The van der Waals surface area contributed by atoms with Crippen LogP contribution in [-0.2, 0) is 9.53 Å². The van der Waals surface area contributed by atoms with Crippen LogP contribution in [0.5, 0.6) is 0 Å². The Morgan fingerprint density at radius 2 is 2.22 bits per heavy atom. The fourth-order valence-corrected chi connectivity index (χ4v) is 2.02. The predicted molar refractivity (Wildman–Crippen MR) is 72.3 cm³/mol. The van der Waals surface area contributed by atoms with Gasteiger partial charge in [-0.3, -0.25) is 4.79 Å². The molecular weight excluding hydrogens is 228 g/mol. The highest BCUT2D eigenvalue weighted by Crippen LogP contribution is 2.34. The smallest absolute Gasteiger partial charge is 0.160 e. The van der Waals surface area contributed by atoms with Gasteiger partial charge in [0.25, 0.3) is 0 Å². The van der Waals surface area contributed by atoms with Crippen LogP contribution in [0.4, 0.5) is 0 Å². The van der Waals surface area contributed by atoms with E-state index in [0.29, 0.717) is 0 Å². The van der Waals surface area contributed by atoms with Gasteiger partial charge in [0.05, 0.1) is 17.3 Å². The molecule has 0 aromatic rings. The molecule has 0 spiro atoms. The van der Waals surface area contributed by atoms with Crippen molar-refractivity contribution in [1.82, 2.24) is 0 Å². The number of carbonyl (C=O) groups is 1. The Labute approximate surface area is 110 Å². The van der Waals surface area contributed by atoms with Crippen molar-refractivity contribution in [3.8, 4) is 0 Å². The van der Waals surface area contributed by atoms with E-state index in [9.17, 15) is 9.90 Å². The minimum atomic E-state index is -0.957. The lowest BCUT2D eigenvalue weighted by Crippen LogP contribution is -2.29. The molecule has 0 radical (unpaired) electrons. The van der Waals surface area contributed by atoms with Crippen LogP contribution in [0.1, 0.15) is 40.5 Å². The summed E-state index contributed by atoms with van der Waals surface area (Å²) >= 11 is 0. The van der Waals surface area contributed by atoms with Crippen molar-refractivity contribution in [1.29, 1.82) is 0 Å². The summed E-state index contributed by atoms with van der Waals surface area (Å²) in [7, 11) is 0. The highest BCUT2D eigenvalue weighted by atomic mass is 16.5. The first-order valence-electron chi connectivity index (χ1n) is 6.44. The van der Waals surface area contributed by atoms with Gasteiger partial charge in [-0.25, -0.2) is 0 Å². The molecule has 0 bridgehead atoms. The summed E-state index contributed by atoms with van der Waals surface area (Å²) < 4.78 is 5.88. The number of ether oxygens (including phenoxy) is 1. The Hall–Kier alpha value is -0.930. The third-order valence-electron chi connectivity index (χ3n) is 3.44. The average Bonchev–Trinajstić information content (AvgIpc) is 2.67. The van der Waals surface area contributed by atoms with Gasteiger partial charge in [-0.15, -0.1) is 6.58 Å². The first kappa shape index (κ1) is 15.1. The van der Waals surface area contributed by atoms with Gasteiger partial charge in [-0.1, -0.05) is 19.1 Å². The second-order valence-corrected chi connectivity index (χ2v) is 5.89. The van der Waals surface area contributed by atoms with E-state index in [4.69, 9.17) is 4.74 Å². The number of hydrogen-bond acceptors (Lipinski definition) is 3. The lowest BCUT2D eigenvalue weighted by Gasteiger charge is -2.23. The highest BCUT2D eigenvalue weighted by molar-refractivity contribution is 5.92. The third kappa shape index (κ3) is 4.07. The largest absolute Gasteiger partial charge is 0.386 e. The van der Waals surface area contributed by atoms with Gasteiger partial charge in [0.2, 0.25) is 0 Å². The molecular formula is C15H24O3. The quantitative estimate of drug-likeness (QED) is 0.604. The van der Waals surface area contributed by atoms with E-state index in [1.807, 2.05) is 13.8 Å². The Kier molecular flexibility index (Phi) is 4.51. The normalized spacial score (nSPS) is 30.6. The number of ketones is 1. The summed E-state index contributed by atoms with van der Waals surface area (Å²) in [5, 5.41) is 9.55. The summed E-state index contributed by atoms with van der Waals surface area (Å²) in [6.45, 7) is 10.9. The molecule has 1 aliphatic heterocycles. The Balaban J connectivity index is 2.61. The molecule has 1 heterocycles. The third-order valence-corrected chi connectivity index (χ3v) is 3.44. The molecule has 0 aliphatic carbocycles. The molecule has 3 atom stereocenters. The summed E-state index contributed by atoms with van der Waals surface area (Å²) in [6, 6.07) is 0. The molecule has 1 rings (SSSR count). The fourth-order valence-electron chi connectivity index (χ4n) is 2.02. The standard InChI is InChI=1S/C15H24O3/c1-6-15(5)10-8-13(18-15)11(2)12(16)7-9-14(3,4)17/h6-7,9,11,13,17H,1,8,10H2,2-5H3/b9-7+/t11?,13-,15-/m0/s1. The van der Waals surface area contributed by atoms with Crippen molar-refractivity contribution < 1.29 is 14.6 Å². The number of hydrogen-bond donors (Lipinski definition) is 1. The van der Waals surface area contributed by atoms with Crippen molar-refractivity contribution in [3.63, 3.8) is 0 Å². The lowest BCUT2D eigenvalue weighted by atomic mass is 9.94. The predicted octanol–water partition coefficient (Wildman–Crippen LogP) is 2.64. The Morgan fingerprint density at radius 1 is 1.61 bits per heavy atom. The number of carbonyl (C=O) groups excluding carboxylic acids is 1. The molecule has 102 valence electrons. The van der Waals surface area contributed by atoms with Crippen LogP contribution >= 0.6 is 0 Å². The van der Waals surface area contributed by atoms with E-state index < -0.39 is 5.60 Å². The minimum Gasteiger partial charge on any atom is -0.386 e. The van der Waals surface area contributed by atoms with Gasteiger partial charge in [0.1, 0.15) is 0 Å².